The molecule has 1 unspecified atom stereocenters. The molecule has 1 saturated heterocycles. The van der Waals surface area contributed by atoms with Crippen molar-refractivity contribution in [2.24, 2.45) is 0 Å². The van der Waals surface area contributed by atoms with Crippen molar-refractivity contribution in [3.63, 3.8) is 0 Å². The lowest BCUT2D eigenvalue weighted by Gasteiger charge is -2.34. The van der Waals surface area contributed by atoms with Gasteiger partial charge in [0.05, 0.1) is 0 Å². The fourth-order valence-corrected chi connectivity index (χ4v) is 3.04. The first-order valence-electron chi connectivity index (χ1n) is 7.05. The van der Waals surface area contributed by atoms with E-state index in [1.165, 1.54) is 0 Å². The van der Waals surface area contributed by atoms with Crippen LogP contribution in [0.3, 0.4) is 0 Å². The van der Waals surface area contributed by atoms with Gasteiger partial charge in [-0.15, -0.1) is 0 Å². The summed E-state index contributed by atoms with van der Waals surface area (Å²) < 4.78 is 0. The molecule has 1 fully saturated rings. The van der Waals surface area contributed by atoms with Crippen LogP contribution in [0.2, 0.25) is 0 Å². The molecule has 4 nitrogen and oxygen atoms in total. The van der Waals surface area contributed by atoms with E-state index in [4.69, 9.17) is 0 Å². The molecule has 0 bridgehead atoms. The van der Waals surface area contributed by atoms with E-state index in [-0.39, 0.29) is 5.91 Å². The highest BCUT2D eigenvalue weighted by atomic mass is 16.4. The first kappa shape index (κ1) is 14.6. The van der Waals surface area contributed by atoms with Crippen molar-refractivity contribution in [2.75, 3.05) is 6.54 Å². The first-order chi connectivity index (χ1) is 9.44. The predicted molar refractivity (Wildman–Crippen MR) is 76.8 cm³/mol. The van der Waals surface area contributed by atoms with E-state index in [9.17, 15) is 14.7 Å². The first-order valence-corrected chi connectivity index (χ1v) is 7.05. The molecule has 1 amide bonds. The highest BCUT2D eigenvalue weighted by Crippen LogP contribution is 2.34. The lowest BCUT2D eigenvalue weighted by molar-refractivity contribution is -0.148. The number of aliphatic carboxylic acids is 1. The van der Waals surface area contributed by atoms with Gasteiger partial charge >= 0.3 is 5.97 Å². The highest BCUT2D eigenvalue weighted by Gasteiger charge is 2.48. The lowest BCUT2D eigenvalue weighted by Crippen LogP contribution is -2.52. The maximum Gasteiger partial charge on any atom is 0.329 e. The molecule has 0 spiro atoms. The molecule has 1 atom stereocenters. The Hall–Kier alpha value is -1.84. The molecule has 1 heterocycles. The van der Waals surface area contributed by atoms with E-state index in [0.717, 1.165) is 17.5 Å². The third-order valence-corrected chi connectivity index (χ3v) is 4.55. The van der Waals surface area contributed by atoms with E-state index in [1.54, 1.807) is 11.0 Å². The molecule has 1 aromatic carbocycles. The molecule has 20 heavy (non-hydrogen) atoms. The minimum Gasteiger partial charge on any atom is -0.479 e. The Morgan fingerprint density at radius 1 is 1.35 bits per heavy atom. The van der Waals surface area contributed by atoms with Crippen molar-refractivity contribution in [1.82, 2.24) is 4.90 Å². The summed E-state index contributed by atoms with van der Waals surface area (Å²) in [5.74, 6) is -1.05. The molecule has 1 aliphatic rings. The van der Waals surface area contributed by atoms with Crippen molar-refractivity contribution < 1.29 is 14.7 Å². The van der Waals surface area contributed by atoms with Crippen LogP contribution in [0.25, 0.3) is 0 Å². The quantitative estimate of drug-likeness (QED) is 0.922. The average molecular weight is 275 g/mol. The number of nitrogens with zero attached hydrogens (tertiary/aromatic N) is 1. The van der Waals surface area contributed by atoms with Gasteiger partial charge < -0.3 is 10.0 Å². The number of carboxylic acids is 1. The maximum atomic E-state index is 12.8. The van der Waals surface area contributed by atoms with E-state index < -0.39 is 11.5 Å². The van der Waals surface area contributed by atoms with Crippen LogP contribution >= 0.6 is 0 Å². The Bertz CT molecular complexity index is 553. The summed E-state index contributed by atoms with van der Waals surface area (Å²) in [6.07, 6.45) is 1.73. The molecule has 0 saturated carbocycles. The van der Waals surface area contributed by atoms with Gasteiger partial charge in [0.2, 0.25) is 0 Å². The van der Waals surface area contributed by atoms with Gasteiger partial charge in [-0.05, 0) is 50.3 Å². The van der Waals surface area contributed by atoms with Crippen LogP contribution in [-0.4, -0.2) is 34.0 Å². The van der Waals surface area contributed by atoms with Gasteiger partial charge in [-0.25, -0.2) is 4.79 Å². The zero-order valence-electron chi connectivity index (χ0n) is 12.3. The normalized spacial score (nSPS) is 22.1. The fraction of sp³-hybridized carbons (Fsp3) is 0.500. The number of carboxylic acid groups (broad SMARTS) is 1. The second kappa shape index (κ2) is 5.27. The number of carbonyl (C=O) groups is 2. The van der Waals surface area contributed by atoms with Crippen LogP contribution < -0.4 is 0 Å². The molecule has 1 aliphatic heterocycles. The largest absolute Gasteiger partial charge is 0.479 e. The van der Waals surface area contributed by atoms with Gasteiger partial charge in [-0.1, -0.05) is 19.1 Å². The molecule has 0 radical (unpaired) electrons. The molecule has 1 aromatic rings. The highest BCUT2D eigenvalue weighted by molar-refractivity contribution is 5.99. The van der Waals surface area contributed by atoms with Crippen molar-refractivity contribution in [3.8, 4) is 0 Å². The minimum atomic E-state index is -1.03. The molecular weight excluding hydrogens is 254 g/mol. The lowest BCUT2D eigenvalue weighted by atomic mass is 9.92. The number of hydrogen-bond acceptors (Lipinski definition) is 2. The van der Waals surface area contributed by atoms with Crippen molar-refractivity contribution in [3.05, 3.63) is 34.9 Å². The second-order valence-corrected chi connectivity index (χ2v) is 5.50. The Balaban J connectivity index is 2.42. The van der Waals surface area contributed by atoms with Gasteiger partial charge in [0, 0.05) is 12.1 Å². The SMILES string of the molecule is CCC1(C(=O)O)CCCN1C(=O)c1cccc(C)c1C. The third-order valence-electron chi connectivity index (χ3n) is 4.55. The maximum absolute atomic E-state index is 12.8. The summed E-state index contributed by atoms with van der Waals surface area (Å²) in [7, 11) is 0. The van der Waals surface area contributed by atoms with Crippen LogP contribution in [0.4, 0.5) is 0 Å². The zero-order chi connectivity index (χ0) is 14.9. The monoisotopic (exact) mass is 275 g/mol. The Morgan fingerprint density at radius 2 is 2.05 bits per heavy atom. The molecule has 0 aliphatic carbocycles. The average Bonchev–Trinajstić information content (AvgIpc) is 2.86. The fourth-order valence-electron chi connectivity index (χ4n) is 3.04. The molecule has 108 valence electrons. The molecule has 0 aromatic heterocycles. The van der Waals surface area contributed by atoms with Crippen LogP contribution in [0.15, 0.2) is 18.2 Å². The number of benzene rings is 1. The van der Waals surface area contributed by atoms with Crippen LogP contribution in [-0.2, 0) is 4.79 Å². The summed E-state index contributed by atoms with van der Waals surface area (Å²) in [6, 6.07) is 5.59. The van der Waals surface area contributed by atoms with E-state index in [1.807, 2.05) is 32.9 Å². The number of aryl methyl sites for hydroxylation is 1. The molecular formula is C16H21NO3. The molecule has 1 N–H and O–H groups in total. The second-order valence-electron chi connectivity index (χ2n) is 5.50. The summed E-state index contributed by atoms with van der Waals surface area (Å²) in [6.45, 7) is 6.22. The predicted octanol–water partition coefficient (Wildman–Crippen LogP) is 2.77. The topological polar surface area (TPSA) is 57.6 Å². The van der Waals surface area contributed by atoms with Crippen molar-refractivity contribution >= 4 is 11.9 Å². The third kappa shape index (κ3) is 2.09. The number of likely N-dealkylation sites (tertiary alicyclic amines) is 1. The number of rotatable bonds is 3. The number of amides is 1. The number of carbonyl (C=O) groups excluding carboxylic acids is 1. The van der Waals surface area contributed by atoms with Crippen molar-refractivity contribution in [2.45, 2.75) is 45.6 Å². The van der Waals surface area contributed by atoms with Crippen LogP contribution in [0, 0.1) is 13.8 Å². The van der Waals surface area contributed by atoms with Gasteiger partial charge in [0.1, 0.15) is 5.54 Å². The smallest absolute Gasteiger partial charge is 0.329 e. The summed E-state index contributed by atoms with van der Waals surface area (Å²) in [5.41, 5.74) is 1.56. The Kier molecular flexibility index (Phi) is 3.84. The van der Waals surface area contributed by atoms with Gasteiger partial charge in [-0.2, -0.15) is 0 Å². The Morgan fingerprint density at radius 3 is 2.65 bits per heavy atom. The van der Waals surface area contributed by atoms with E-state index in [0.29, 0.717) is 24.9 Å². The number of hydrogen-bond donors (Lipinski definition) is 1. The van der Waals surface area contributed by atoms with Crippen LogP contribution in [0.1, 0.15) is 47.7 Å². The minimum absolute atomic E-state index is 0.159. The zero-order valence-corrected chi connectivity index (χ0v) is 12.3. The summed E-state index contributed by atoms with van der Waals surface area (Å²) in [4.78, 5) is 26.0. The summed E-state index contributed by atoms with van der Waals surface area (Å²) >= 11 is 0. The van der Waals surface area contributed by atoms with Gasteiger partial charge in [0.15, 0.2) is 0 Å². The summed E-state index contributed by atoms with van der Waals surface area (Å²) in [5, 5.41) is 9.56. The van der Waals surface area contributed by atoms with Crippen LogP contribution in [0.5, 0.6) is 0 Å². The molecule has 2 rings (SSSR count). The van der Waals surface area contributed by atoms with Crippen molar-refractivity contribution in [1.29, 1.82) is 0 Å². The molecule has 4 heteroatoms. The standard InChI is InChI=1S/C16H21NO3/c1-4-16(15(19)20)9-6-10-17(16)14(18)13-8-5-7-11(2)12(13)3/h5,7-8H,4,6,9-10H2,1-3H3,(H,19,20). The Labute approximate surface area is 119 Å². The van der Waals surface area contributed by atoms with E-state index >= 15 is 0 Å². The van der Waals surface area contributed by atoms with Gasteiger partial charge in [0.25, 0.3) is 5.91 Å². The van der Waals surface area contributed by atoms with Gasteiger partial charge in [-0.3, -0.25) is 4.79 Å². The van der Waals surface area contributed by atoms with E-state index in [2.05, 4.69) is 0 Å².